The van der Waals surface area contributed by atoms with E-state index in [-0.39, 0.29) is 5.82 Å². The van der Waals surface area contributed by atoms with Crippen molar-refractivity contribution in [3.8, 4) is 0 Å². The van der Waals surface area contributed by atoms with Gasteiger partial charge in [0.15, 0.2) is 4.90 Å². The molecule has 5 heteroatoms. The highest BCUT2D eigenvalue weighted by Crippen LogP contribution is 2.41. The lowest BCUT2D eigenvalue weighted by molar-refractivity contribution is 0.522. The summed E-state index contributed by atoms with van der Waals surface area (Å²) in [4.78, 5) is 1.54. The van der Waals surface area contributed by atoms with Gasteiger partial charge in [-0.3, -0.25) is 0 Å². The molecule has 0 spiro atoms. The van der Waals surface area contributed by atoms with Gasteiger partial charge in [-0.15, -0.1) is 0 Å². The smallest absolute Gasteiger partial charge is 0.190 e. The van der Waals surface area contributed by atoms with Crippen molar-refractivity contribution in [2.75, 3.05) is 6.54 Å². The lowest BCUT2D eigenvalue weighted by Crippen LogP contribution is -2.20. The summed E-state index contributed by atoms with van der Waals surface area (Å²) >= 11 is 0.297. The van der Waals surface area contributed by atoms with Crippen LogP contribution in [-0.4, -0.2) is 14.8 Å². The standard InChI is InChI=1S/C14H20FNOS2/c1-2-3-4-5-6-7-10-16-18-13-11-12(15)8-9-14(13)19(16)17/h8-9,11H,2-7,10H2,1H3. The third-order valence-electron chi connectivity index (χ3n) is 3.17. The average Bonchev–Trinajstić information content (AvgIpc) is 2.70. The zero-order chi connectivity index (χ0) is 13.7. The van der Waals surface area contributed by atoms with Crippen molar-refractivity contribution in [3.63, 3.8) is 0 Å². The van der Waals surface area contributed by atoms with E-state index in [0.29, 0.717) is 0 Å². The van der Waals surface area contributed by atoms with E-state index in [1.807, 2.05) is 3.71 Å². The van der Waals surface area contributed by atoms with Gasteiger partial charge in [0.2, 0.25) is 0 Å². The Morgan fingerprint density at radius 3 is 2.74 bits per heavy atom. The first-order valence-electron chi connectivity index (χ1n) is 6.89. The maximum Gasteiger partial charge on any atom is 0.190 e. The van der Waals surface area contributed by atoms with E-state index in [4.69, 9.17) is 0 Å². The van der Waals surface area contributed by atoms with Gasteiger partial charge in [-0.2, -0.15) is 0 Å². The van der Waals surface area contributed by atoms with Crippen LogP contribution in [0, 0.1) is 5.82 Å². The van der Waals surface area contributed by atoms with E-state index in [2.05, 4.69) is 6.92 Å². The van der Waals surface area contributed by atoms with Crippen molar-refractivity contribution in [3.05, 3.63) is 24.0 Å². The van der Waals surface area contributed by atoms with Gasteiger partial charge in [0.1, 0.15) is 5.82 Å². The molecule has 2 nitrogen and oxygen atoms in total. The summed E-state index contributed by atoms with van der Waals surface area (Å²) in [6.45, 7) is 3.01. The average molecular weight is 301 g/mol. The van der Waals surface area contributed by atoms with Crippen molar-refractivity contribution in [1.29, 1.82) is 0 Å². The molecule has 1 aromatic rings. The van der Waals surface area contributed by atoms with Gasteiger partial charge in [0.25, 0.3) is 0 Å². The molecule has 0 aromatic heterocycles. The molecule has 0 saturated heterocycles. The first-order valence-corrected chi connectivity index (χ1v) is 8.77. The number of unbranched alkanes of at least 4 members (excludes halogenated alkanes) is 5. The SMILES string of the molecule is CCCCCCCCN1Sc2cc(F)ccc2[S+]1[O-]. The Hall–Kier alpha value is -0.230. The maximum atomic E-state index is 13.1. The zero-order valence-electron chi connectivity index (χ0n) is 11.2. The molecule has 1 aliphatic heterocycles. The van der Waals surface area contributed by atoms with E-state index in [1.165, 1.54) is 56.2 Å². The molecular weight excluding hydrogens is 281 g/mol. The van der Waals surface area contributed by atoms with Gasteiger partial charge in [0, 0.05) is 11.9 Å². The highest BCUT2D eigenvalue weighted by atomic mass is 32.3. The van der Waals surface area contributed by atoms with Crippen LogP contribution in [0.25, 0.3) is 0 Å². The van der Waals surface area contributed by atoms with E-state index < -0.39 is 11.4 Å². The van der Waals surface area contributed by atoms with Crippen LogP contribution in [0.15, 0.2) is 28.0 Å². The van der Waals surface area contributed by atoms with Crippen LogP contribution in [-0.2, 0) is 11.4 Å². The molecule has 19 heavy (non-hydrogen) atoms. The summed E-state index contributed by atoms with van der Waals surface area (Å²) in [6, 6.07) is 4.49. The molecule has 0 amide bonds. The van der Waals surface area contributed by atoms with Gasteiger partial charge in [0.05, 0.1) is 22.8 Å². The topological polar surface area (TPSA) is 26.3 Å². The second-order valence-corrected chi connectivity index (χ2v) is 7.43. The fourth-order valence-electron chi connectivity index (χ4n) is 2.10. The lowest BCUT2D eigenvalue weighted by Gasteiger charge is -2.14. The van der Waals surface area contributed by atoms with Gasteiger partial charge < -0.3 is 4.55 Å². The Kier molecular flexibility index (Phi) is 6.01. The summed E-state index contributed by atoms with van der Waals surface area (Å²) in [5.41, 5.74) is 0. The minimum absolute atomic E-state index is 0.260. The summed E-state index contributed by atoms with van der Waals surface area (Å²) in [7, 11) is 0. The molecule has 0 saturated carbocycles. The number of hydrogen-bond acceptors (Lipinski definition) is 3. The largest absolute Gasteiger partial charge is 0.592 e. The molecule has 0 fully saturated rings. The summed E-state index contributed by atoms with van der Waals surface area (Å²) in [5.74, 6) is -0.260. The maximum absolute atomic E-state index is 13.1. The van der Waals surface area contributed by atoms with Crippen molar-refractivity contribution < 1.29 is 8.94 Å². The van der Waals surface area contributed by atoms with Crippen LogP contribution in [0.2, 0.25) is 0 Å². The predicted molar refractivity (Wildman–Crippen MR) is 78.7 cm³/mol. The van der Waals surface area contributed by atoms with Crippen molar-refractivity contribution in [1.82, 2.24) is 3.71 Å². The fraction of sp³-hybridized carbons (Fsp3) is 0.571. The Balaban J connectivity index is 1.75. The van der Waals surface area contributed by atoms with Crippen LogP contribution >= 0.6 is 11.9 Å². The van der Waals surface area contributed by atoms with Crippen LogP contribution in [0.5, 0.6) is 0 Å². The number of nitrogens with zero attached hydrogens (tertiary/aromatic N) is 1. The normalized spacial score (nSPS) is 18.8. The summed E-state index contributed by atoms with van der Waals surface area (Å²) in [5, 5.41) is 0. The third kappa shape index (κ3) is 4.12. The number of fused-ring (bicyclic) bond motifs is 1. The Bertz CT molecular complexity index is 416. The monoisotopic (exact) mass is 301 g/mol. The minimum Gasteiger partial charge on any atom is -0.592 e. The molecule has 0 aliphatic carbocycles. The number of hydrogen-bond donors (Lipinski definition) is 0. The van der Waals surface area contributed by atoms with E-state index >= 15 is 0 Å². The van der Waals surface area contributed by atoms with Crippen LogP contribution < -0.4 is 0 Å². The van der Waals surface area contributed by atoms with Crippen LogP contribution in [0.3, 0.4) is 0 Å². The molecule has 1 unspecified atom stereocenters. The zero-order valence-corrected chi connectivity index (χ0v) is 12.9. The van der Waals surface area contributed by atoms with Crippen LogP contribution in [0.4, 0.5) is 4.39 Å². The molecule has 0 N–H and O–H groups in total. The van der Waals surface area contributed by atoms with Gasteiger partial charge >= 0.3 is 0 Å². The molecule has 1 aromatic carbocycles. The lowest BCUT2D eigenvalue weighted by atomic mass is 10.1. The van der Waals surface area contributed by atoms with Crippen molar-refractivity contribution >= 4 is 23.3 Å². The quantitative estimate of drug-likeness (QED) is 0.420. The number of rotatable bonds is 7. The predicted octanol–water partition coefficient (Wildman–Crippen LogP) is 4.53. The second kappa shape index (κ2) is 7.53. The molecule has 1 aliphatic rings. The first kappa shape index (κ1) is 15.2. The third-order valence-corrected chi connectivity index (χ3v) is 6.14. The molecule has 2 rings (SSSR count). The second-order valence-electron chi connectivity index (χ2n) is 4.76. The highest BCUT2D eigenvalue weighted by Gasteiger charge is 2.35. The first-order chi connectivity index (χ1) is 9.22. The molecule has 1 heterocycles. The number of benzene rings is 1. The van der Waals surface area contributed by atoms with Gasteiger partial charge in [-0.05, 0) is 24.6 Å². The molecule has 1 atom stereocenters. The Morgan fingerprint density at radius 1 is 1.21 bits per heavy atom. The van der Waals surface area contributed by atoms with E-state index in [0.717, 1.165) is 22.8 Å². The Labute approximate surface area is 122 Å². The molecular formula is C14H20FNOS2. The summed E-state index contributed by atoms with van der Waals surface area (Å²) < 4.78 is 27.1. The minimum atomic E-state index is -1.12. The molecule has 0 radical (unpaired) electrons. The number of halogens is 1. The van der Waals surface area contributed by atoms with Gasteiger partial charge in [-0.25, -0.2) is 4.39 Å². The Morgan fingerprint density at radius 2 is 1.95 bits per heavy atom. The highest BCUT2D eigenvalue weighted by molar-refractivity contribution is 8.11. The molecule has 0 bridgehead atoms. The molecule has 106 valence electrons. The van der Waals surface area contributed by atoms with E-state index in [9.17, 15) is 8.94 Å². The fourth-order valence-corrected chi connectivity index (χ4v) is 4.87. The summed E-state index contributed by atoms with van der Waals surface area (Å²) in [6.07, 6.45) is 7.33. The van der Waals surface area contributed by atoms with Crippen molar-refractivity contribution in [2.24, 2.45) is 0 Å². The van der Waals surface area contributed by atoms with Gasteiger partial charge in [-0.1, -0.05) is 42.7 Å². The van der Waals surface area contributed by atoms with Crippen LogP contribution in [0.1, 0.15) is 45.4 Å². The van der Waals surface area contributed by atoms with E-state index in [1.54, 1.807) is 6.07 Å². The van der Waals surface area contributed by atoms with Crippen molar-refractivity contribution in [2.45, 2.75) is 55.2 Å².